The summed E-state index contributed by atoms with van der Waals surface area (Å²) < 4.78 is 40.6. The molecule has 0 saturated heterocycles. The highest BCUT2D eigenvalue weighted by molar-refractivity contribution is 7.13. The van der Waals surface area contributed by atoms with E-state index in [1.807, 2.05) is 0 Å². The molecule has 1 aliphatic carbocycles. The van der Waals surface area contributed by atoms with Crippen LogP contribution in [-0.4, -0.2) is 44.4 Å². The van der Waals surface area contributed by atoms with Crippen LogP contribution < -0.4 is 10.2 Å². The van der Waals surface area contributed by atoms with Gasteiger partial charge < -0.3 is 5.32 Å². The van der Waals surface area contributed by atoms with E-state index in [-0.39, 0.29) is 11.3 Å². The quantitative estimate of drug-likeness (QED) is 0.498. The van der Waals surface area contributed by atoms with Crippen molar-refractivity contribution in [2.45, 2.75) is 36.5 Å². The molecule has 2 aromatic heterocycles. The molecule has 7 nitrogen and oxygen atoms in total. The Hall–Kier alpha value is -3.05. The van der Waals surface area contributed by atoms with E-state index in [1.54, 1.807) is 23.8 Å². The summed E-state index contributed by atoms with van der Waals surface area (Å²) in [5.74, 6) is -4.82. The van der Waals surface area contributed by atoms with Crippen molar-refractivity contribution in [1.82, 2.24) is 20.3 Å². The molecule has 0 bridgehead atoms. The number of thiazole rings is 1. The van der Waals surface area contributed by atoms with Crippen LogP contribution >= 0.6 is 22.9 Å². The minimum atomic E-state index is -2.86. The van der Waals surface area contributed by atoms with Crippen LogP contribution in [0.2, 0.25) is 0 Å². The molecule has 1 fully saturated rings. The highest BCUT2D eigenvalue weighted by Crippen LogP contribution is 2.38. The van der Waals surface area contributed by atoms with Gasteiger partial charge in [0.1, 0.15) is 12.4 Å². The van der Waals surface area contributed by atoms with Gasteiger partial charge in [-0.05, 0) is 17.7 Å². The molecular formula is C21H17ClF3N5O2S. The Morgan fingerprint density at radius 2 is 1.79 bits per heavy atom. The molecule has 0 aliphatic heterocycles. The molecular weight excluding hydrogens is 479 g/mol. The van der Waals surface area contributed by atoms with E-state index in [0.29, 0.717) is 0 Å². The third-order valence-electron chi connectivity index (χ3n) is 5.13. The number of nitrogens with one attached hydrogen (secondary N) is 1. The number of nitrogens with zero attached hydrogens (tertiary/aromatic N) is 4. The Labute approximate surface area is 195 Å². The molecule has 0 unspecified atom stereocenters. The van der Waals surface area contributed by atoms with Crippen LogP contribution in [0.15, 0.2) is 54.7 Å². The smallest absolute Gasteiger partial charge is 0.278 e. The number of hydrogen-bond donors (Lipinski definition) is 1. The molecule has 12 heteroatoms. The number of carbonyl (C=O) groups is 2. The number of amides is 2. The molecule has 2 atom stereocenters. The average Bonchev–Trinajstić information content (AvgIpc) is 3.31. The second-order valence-corrected chi connectivity index (χ2v) is 8.74. The highest BCUT2D eigenvalue weighted by Gasteiger charge is 2.47. The van der Waals surface area contributed by atoms with E-state index in [9.17, 15) is 22.8 Å². The van der Waals surface area contributed by atoms with Gasteiger partial charge in [-0.25, -0.2) is 23.1 Å². The van der Waals surface area contributed by atoms with Crippen molar-refractivity contribution in [2.75, 3.05) is 4.90 Å². The van der Waals surface area contributed by atoms with Crippen LogP contribution in [0.25, 0.3) is 10.4 Å². The first kappa shape index (κ1) is 23.1. The summed E-state index contributed by atoms with van der Waals surface area (Å²) >= 11 is 6.89. The summed E-state index contributed by atoms with van der Waals surface area (Å²) in [6, 6.07) is 4.24. The van der Waals surface area contributed by atoms with Crippen molar-refractivity contribution in [1.29, 1.82) is 0 Å². The number of anilines is 1. The maximum Gasteiger partial charge on any atom is 0.278 e. The molecule has 3 aromatic rings. The van der Waals surface area contributed by atoms with E-state index in [0.717, 1.165) is 15.3 Å². The van der Waals surface area contributed by atoms with Gasteiger partial charge in [0.25, 0.3) is 17.5 Å². The van der Waals surface area contributed by atoms with Gasteiger partial charge in [-0.2, -0.15) is 0 Å². The molecule has 2 amide bonds. The Morgan fingerprint density at radius 3 is 2.33 bits per heavy atom. The van der Waals surface area contributed by atoms with Crippen LogP contribution in [0.3, 0.4) is 0 Å². The van der Waals surface area contributed by atoms with Crippen molar-refractivity contribution in [2.24, 2.45) is 0 Å². The van der Waals surface area contributed by atoms with E-state index in [1.165, 1.54) is 42.2 Å². The summed E-state index contributed by atoms with van der Waals surface area (Å²) in [6.45, 7) is 0. The fraction of sp³-hybridized carbons (Fsp3) is 0.286. The largest absolute Gasteiger partial charge is 0.351 e. The predicted molar refractivity (Wildman–Crippen MR) is 117 cm³/mol. The van der Waals surface area contributed by atoms with Crippen molar-refractivity contribution < 1.29 is 22.8 Å². The first-order valence-electron chi connectivity index (χ1n) is 9.78. The third kappa shape index (κ3) is 5.14. The fourth-order valence-electron chi connectivity index (χ4n) is 3.57. The molecule has 1 N–H and O–H groups in total. The summed E-state index contributed by atoms with van der Waals surface area (Å²) in [5, 5.41) is 2.51. The van der Waals surface area contributed by atoms with Crippen LogP contribution in [0, 0.1) is 0 Å². The van der Waals surface area contributed by atoms with E-state index in [4.69, 9.17) is 11.6 Å². The van der Waals surface area contributed by atoms with Gasteiger partial charge in [-0.15, -0.1) is 11.3 Å². The molecule has 4 rings (SSSR count). The van der Waals surface area contributed by atoms with Crippen molar-refractivity contribution in [3.05, 3.63) is 60.3 Å². The van der Waals surface area contributed by atoms with Crippen molar-refractivity contribution in [3.63, 3.8) is 0 Å². The zero-order valence-electron chi connectivity index (χ0n) is 16.9. The summed E-state index contributed by atoms with van der Waals surface area (Å²) in [6.07, 6.45) is 4.44. The molecule has 172 valence electrons. The normalized spacial score (nSPS) is 17.0. The van der Waals surface area contributed by atoms with Crippen LogP contribution in [0.1, 0.15) is 24.4 Å². The Kier molecular flexibility index (Phi) is 6.61. The zero-order valence-corrected chi connectivity index (χ0v) is 18.4. The lowest BCUT2D eigenvalue weighted by Crippen LogP contribution is -2.54. The molecule has 1 aromatic carbocycles. The second-order valence-electron chi connectivity index (χ2n) is 7.47. The average molecular weight is 496 g/mol. The molecule has 2 heterocycles. The number of halogens is 4. The van der Waals surface area contributed by atoms with Crippen molar-refractivity contribution in [3.8, 4) is 10.4 Å². The van der Waals surface area contributed by atoms with Gasteiger partial charge in [0.15, 0.2) is 0 Å². The number of benzene rings is 1. The highest BCUT2D eigenvalue weighted by atomic mass is 35.5. The Bertz CT molecular complexity index is 1110. The minimum Gasteiger partial charge on any atom is -0.351 e. The summed E-state index contributed by atoms with van der Waals surface area (Å²) in [5.41, 5.74) is 0.369. The molecule has 33 heavy (non-hydrogen) atoms. The van der Waals surface area contributed by atoms with E-state index in [2.05, 4.69) is 20.3 Å². The molecule has 0 radical (unpaired) electrons. The lowest BCUT2D eigenvalue weighted by atomic mass is 9.88. The predicted octanol–water partition coefficient (Wildman–Crippen LogP) is 4.12. The van der Waals surface area contributed by atoms with Gasteiger partial charge in [0.2, 0.25) is 5.91 Å². The number of carbonyl (C=O) groups excluding carboxylic acids is 2. The fourth-order valence-corrected chi connectivity index (χ4v) is 4.30. The number of aromatic nitrogens is 3. The van der Waals surface area contributed by atoms with E-state index < -0.39 is 48.3 Å². The van der Waals surface area contributed by atoms with Gasteiger partial charge in [0, 0.05) is 48.7 Å². The monoisotopic (exact) mass is 495 g/mol. The van der Waals surface area contributed by atoms with Crippen molar-refractivity contribution >= 4 is 40.4 Å². The second kappa shape index (κ2) is 9.44. The van der Waals surface area contributed by atoms with Gasteiger partial charge >= 0.3 is 0 Å². The first-order valence-corrected chi connectivity index (χ1v) is 11.1. The molecule has 1 saturated carbocycles. The number of rotatable bonds is 7. The van der Waals surface area contributed by atoms with Gasteiger partial charge in [0.05, 0.1) is 10.4 Å². The molecule has 1 aliphatic rings. The maximum atomic E-state index is 14.0. The molecule has 0 spiro atoms. The number of alkyl halides is 4. The summed E-state index contributed by atoms with van der Waals surface area (Å²) in [4.78, 5) is 39.5. The standard InChI is InChI=1S/C21H17ClF3N5O2S/c22-18(23)20(32)30(15-3-1-12(2-4-15)16-9-28-11-33-16)17(13-7-26-10-27-8-13)19(31)29-14-5-21(24,25)6-14/h1-4,7-11,14,17-18H,5-6H2,(H,29,31)/t17-,18+/m1/s1. The van der Waals surface area contributed by atoms with Gasteiger partial charge in [-0.3, -0.25) is 19.5 Å². The Morgan fingerprint density at radius 1 is 1.12 bits per heavy atom. The minimum absolute atomic E-state index is 0.165. The van der Waals surface area contributed by atoms with Crippen LogP contribution in [-0.2, 0) is 9.59 Å². The van der Waals surface area contributed by atoms with Crippen LogP contribution in [0.5, 0.6) is 0 Å². The topological polar surface area (TPSA) is 88.1 Å². The zero-order chi connectivity index (χ0) is 23.6. The first-order chi connectivity index (χ1) is 15.7. The lowest BCUT2D eigenvalue weighted by Gasteiger charge is -2.38. The van der Waals surface area contributed by atoms with Gasteiger partial charge in [-0.1, -0.05) is 23.7 Å². The SMILES string of the molecule is O=C(NC1CC(F)(F)C1)[C@@H](c1cncnc1)N(C(=O)[C@H](F)Cl)c1ccc(-c2cncs2)cc1. The lowest BCUT2D eigenvalue weighted by molar-refractivity contribution is -0.133. The number of hydrogen-bond acceptors (Lipinski definition) is 6. The maximum absolute atomic E-state index is 14.0. The van der Waals surface area contributed by atoms with Crippen LogP contribution in [0.4, 0.5) is 18.9 Å². The summed E-state index contributed by atoms with van der Waals surface area (Å²) in [7, 11) is 0. The van der Waals surface area contributed by atoms with E-state index >= 15 is 0 Å². The Balaban J connectivity index is 1.71. The third-order valence-corrected chi connectivity index (χ3v) is 6.13.